The molecule has 0 unspecified atom stereocenters. The minimum Gasteiger partial charge on any atom is -0.711 e. The van der Waals surface area contributed by atoms with E-state index in [1.54, 1.807) is 24.3 Å². The van der Waals surface area contributed by atoms with Crippen LogP contribution in [-0.4, -0.2) is 4.98 Å². The van der Waals surface area contributed by atoms with Crippen LogP contribution in [0.3, 0.4) is 0 Å². The van der Waals surface area contributed by atoms with E-state index in [1.165, 1.54) is 12.4 Å². The average molecular weight is 304 g/mol. The molecule has 0 fully saturated rings. The summed E-state index contributed by atoms with van der Waals surface area (Å²) in [6, 6.07) is 8.81. The normalized spacial score (nSPS) is 10.7. The molecule has 0 radical (unpaired) electrons. The highest BCUT2D eigenvalue weighted by molar-refractivity contribution is 6.36. The number of fused-ring (bicyclic) bond motifs is 1. The predicted octanol–water partition coefficient (Wildman–Crippen LogP) is 3.65. The van der Waals surface area contributed by atoms with Crippen molar-refractivity contribution in [2.45, 2.75) is 0 Å². The molecule has 0 atom stereocenters. The van der Waals surface area contributed by atoms with E-state index in [0.29, 0.717) is 36.9 Å². The van der Waals surface area contributed by atoms with Crippen LogP contribution in [0.2, 0.25) is 10.0 Å². The average Bonchev–Trinajstić information content (AvgIpc) is 2.85. The molecule has 0 spiro atoms. The van der Waals surface area contributed by atoms with Gasteiger partial charge in [-0.2, -0.15) is 5.26 Å². The molecule has 4 nitrogen and oxygen atoms in total. The van der Waals surface area contributed by atoms with Gasteiger partial charge in [-0.1, -0.05) is 29.3 Å². The van der Waals surface area contributed by atoms with E-state index >= 15 is 0 Å². The zero-order chi connectivity index (χ0) is 14.3. The van der Waals surface area contributed by atoms with Crippen molar-refractivity contribution in [1.29, 1.82) is 5.26 Å². The second-order valence-electron chi connectivity index (χ2n) is 4.22. The first kappa shape index (κ1) is 12.8. The van der Waals surface area contributed by atoms with E-state index < -0.39 is 0 Å². The highest BCUT2D eigenvalue weighted by Crippen LogP contribution is 2.35. The molecule has 2 aromatic heterocycles. The summed E-state index contributed by atoms with van der Waals surface area (Å²) in [4.78, 5) is 2.81. The maximum absolute atomic E-state index is 11.8. The van der Waals surface area contributed by atoms with Crippen LogP contribution in [0.5, 0.6) is 0 Å². The van der Waals surface area contributed by atoms with Crippen LogP contribution in [0.4, 0.5) is 0 Å². The van der Waals surface area contributed by atoms with Crippen LogP contribution >= 0.6 is 23.2 Å². The Hall–Kier alpha value is -2.22. The lowest BCUT2D eigenvalue weighted by molar-refractivity contribution is -0.578. The molecule has 20 heavy (non-hydrogen) atoms. The molecule has 0 amide bonds. The topological polar surface area (TPSA) is 66.5 Å². The Morgan fingerprint density at radius 1 is 1.20 bits per heavy atom. The summed E-state index contributed by atoms with van der Waals surface area (Å²) in [5.74, 6) is 0. The number of aromatic amines is 1. The second-order valence-corrected chi connectivity index (χ2v) is 5.06. The Bertz CT molecular complexity index is 865. The van der Waals surface area contributed by atoms with Gasteiger partial charge in [0.05, 0.1) is 11.6 Å². The summed E-state index contributed by atoms with van der Waals surface area (Å²) in [5.41, 5.74) is 2.15. The first-order valence-corrected chi connectivity index (χ1v) is 6.46. The lowest BCUT2D eigenvalue weighted by atomic mass is 10.0. The van der Waals surface area contributed by atoms with Gasteiger partial charge in [-0.3, -0.25) is 0 Å². The lowest BCUT2D eigenvalue weighted by Gasteiger charge is -2.09. The number of halogens is 2. The van der Waals surface area contributed by atoms with Gasteiger partial charge in [-0.25, -0.2) is 9.71 Å². The number of hydrogen-bond acceptors (Lipinski definition) is 2. The smallest absolute Gasteiger partial charge is 0.291 e. The van der Waals surface area contributed by atoms with Crippen LogP contribution in [0.1, 0.15) is 5.56 Å². The maximum atomic E-state index is 11.8. The third kappa shape index (κ3) is 1.88. The summed E-state index contributed by atoms with van der Waals surface area (Å²) < 4.78 is 0.684. The first-order chi connectivity index (χ1) is 9.61. The molecule has 3 rings (SSSR count). The Balaban J connectivity index is 2.40. The number of nitrogens with zero attached hydrogens (tertiary/aromatic N) is 2. The van der Waals surface area contributed by atoms with Crippen molar-refractivity contribution >= 4 is 34.2 Å². The van der Waals surface area contributed by atoms with Crippen molar-refractivity contribution in [1.82, 2.24) is 4.98 Å². The van der Waals surface area contributed by atoms with Crippen LogP contribution in [-0.2, 0) is 0 Å². The number of H-pyrrole nitrogens is 1. The molecule has 98 valence electrons. The number of nitrogens with one attached hydrogen (secondary N) is 1. The highest BCUT2D eigenvalue weighted by Gasteiger charge is 2.18. The highest BCUT2D eigenvalue weighted by atomic mass is 35.5. The van der Waals surface area contributed by atoms with Gasteiger partial charge in [0, 0.05) is 21.2 Å². The number of hydrogen-bond donors (Lipinski definition) is 1. The number of aromatic nitrogens is 2. The predicted molar refractivity (Wildman–Crippen MR) is 77.4 cm³/mol. The number of benzene rings is 1. The lowest BCUT2D eigenvalue weighted by Crippen LogP contribution is -2.26. The fourth-order valence-electron chi connectivity index (χ4n) is 2.18. The molecule has 3 aromatic rings. The standard InChI is InChI=1S/C14H7Cl2N3O/c15-9-1-2-10(12(16)5-9)11-3-4-19(20)14-13(11)8(6-17)7-18-14/h1-5,7,18H. The molecule has 0 aliphatic rings. The molecule has 0 saturated carbocycles. The third-order valence-corrected chi connectivity index (χ3v) is 3.62. The van der Waals surface area contributed by atoms with E-state index in [4.69, 9.17) is 28.5 Å². The van der Waals surface area contributed by atoms with Gasteiger partial charge in [-0.05, 0) is 18.2 Å². The zero-order valence-electron chi connectivity index (χ0n) is 10.0. The SMILES string of the molecule is N#Cc1c[nH]c2c1c(-c1ccc(Cl)cc1Cl)cc[n+]2[O-]. The Morgan fingerprint density at radius 3 is 2.70 bits per heavy atom. The molecule has 0 bridgehead atoms. The van der Waals surface area contributed by atoms with Crippen LogP contribution in [0.15, 0.2) is 36.7 Å². The van der Waals surface area contributed by atoms with Crippen molar-refractivity contribution in [3.05, 3.63) is 57.5 Å². The second kappa shape index (κ2) is 4.71. The van der Waals surface area contributed by atoms with E-state index in [1.807, 2.05) is 0 Å². The van der Waals surface area contributed by atoms with Crippen molar-refractivity contribution in [2.24, 2.45) is 0 Å². The molecule has 6 heteroatoms. The van der Waals surface area contributed by atoms with E-state index in [9.17, 15) is 5.21 Å². The van der Waals surface area contributed by atoms with Gasteiger partial charge in [-0.15, -0.1) is 0 Å². The number of pyridine rings is 1. The van der Waals surface area contributed by atoms with Crippen molar-refractivity contribution in [3.8, 4) is 17.2 Å². The maximum Gasteiger partial charge on any atom is 0.291 e. The Kier molecular flexibility index (Phi) is 3.01. The fraction of sp³-hybridized carbons (Fsp3) is 0. The summed E-state index contributed by atoms with van der Waals surface area (Å²) >= 11 is 12.1. The minimum atomic E-state index is 0.324. The van der Waals surface area contributed by atoms with Crippen molar-refractivity contribution in [3.63, 3.8) is 0 Å². The third-order valence-electron chi connectivity index (χ3n) is 3.07. The summed E-state index contributed by atoms with van der Waals surface area (Å²) in [6.07, 6.45) is 2.88. The van der Waals surface area contributed by atoms with Crippen LogP contribution in [0, 0.1) is 16.5 Å². The van der Waals surface area contributed by atoms with Gasteiger partial charge in [0.2, 0.25) is 0 Å². The molecular formula is C14H7Cl2N3O. The van der Waals surface area contributed by atoms with E-state index in [2.05, 4.69) is 11.1 Å². The Labute approximate surface area is 124 Å². The van der Waals surface area contributed by atoms with Gasteiger partial charge < -0.3 is 5.21 Å². The van der Waals surface area contributed by atoms with Gasteiger partial charge in [0.1, 0.15) is 17.8 Å². The zero-order valence-corrected chi connectivity index (χ0v) is 11.5. The summed E-state index contributed by atoms with van der Waals surface area (Å²) in [6.45, 7) is 0. The minimum absolute atomic E-state index is 0.324. The van der Waals surface area contributed by atoms with E-state index in [-0.39, 0.29) is 0 Å². The van der Waals surface area contributed by atoms with Crippen molar-refractivity contribution < 1.29 is 4.73 Å². The molecule has 0 saturated heterocycles. The molecule has 1 N–H and O–H groups in total. The van der Waals surface area contributed by atoms with Gasteiger partial charge >= 0.3 is 0 Å². The molecule has 0 aliphatic heterocycles. The summed E-state index contributed by atoms with van der Waals surface area (Å²) in [7, 11) is 0. The van der Waals surface area contributed by atoms with Crippen LogP contribution in [0.25, 0.3) is 22.2 Å². The molecular weight excluding hydrogens is 297 g/mol. The monoisotopic (exact) mass is 303 g/mol. The largest absolute Gasteiger partial charge is 0.711 e. The Morgan fingerprint density at radius 2 is 2.00 bits per heavy atom. The number of rotatable bonds is 1. The molecule has 2 heterocycles. The van der Waals surface area contributed by atoms with Gasteiger partial charge in [0.25, 0.3) is 5.65 Å². The van der Waals surface area contributed by atoms with Crippen molar-refractivity contribution in [2.75, 3.05) is 0 Å². The quantitative estimate of drug-likeness (QED) is 0.551. The first-order valence-electron chi connectivity index (χ1n) is 5.70. The summed E-state index contributed by atoms with van der Waals surface area (Å²) in [5, 5.41) is 22.5. The fourth-order valence-corrected chi connectivity index (χ4v) is 2.69. The van der Waals surface area contributed by atoms with Crippen LogP contribution < -0.4 is 4.73 Å². The van der Waals surface area contributed by atoms with Gasteiger partial charge in [0.15, 0.2) is 0 Å². The van der Waals surface area contributed by atoms with E-state index in [0.717, 1.165) is 5.56 Å². The molecule has 0 aliphatic carbocycles. The number of nitriles is 1. The molecule has 1 aromatic carbocycles.